The van der Waals surface area contributed by atoms with E-state index in [-0.39, 0.29) is 0 Å². The lowest BCUT2D eigenvalue weighted by molar-refractivity contribution is 0.100. The molecule has 5 heteroatoms. The monoisotopic (exact) mass is 267 g/mol. The van der Waals surface area contributed by atoms with Gasteiger partial charge in [0.2, 0.25) is 5.91 Å². The topological polar surface area (TPSA) is 67.2 Å². The van der Waals surface area contributed by atoms with E-state index < -0.39 is 5.91 Å². The maximum Gasteiger partial charge on any atom is 0.248 e. The van der Waals surface area contributed by atoms with Crippen molar-refractivity contribution in [2.45, 2.75) is 12.8 Å². The smallest absolute Gasteiger partial charge is 0.248 e. The van der Waals surface area contributed by atoms with Gasteiger partial charge in [0.05, 0.1) is 10.7 Å². The Morgan fingerprint density at radius 1 is 1.56 bits per heavy atom. The highest BCUT2D eigenvalue weighted by Gasteiger charge is 2.13. The van der Waals surface area contributed by atoms with Crippen LogP contribution in [-0.4, -0.2) is 25.5 Å². The lowest BCUT2D eigenvalue weighted by atomic mass is 10.1. The van der Waals surface area contributed by atoms with Gasteiger partial charge in [-0.1, -0.05) is 11.6 Å². The second-order valence-electron chi connectivity index (χ2n) is 4.63. The minimum absolute atomic E-state index is 0.436. The predicted octanol–water partition coefficient (Wildman–Crippen LogP) is 1.85. The van der Waals surface area contributed by atoms with Gasteiger partial charge in [-0.2, -0.15) is 0 Å². The molecular formula is C13H18ClN3O. The van der Waals surface area contributed by atoms with Crippen molar-refractivity contribution in [1.29, 1.82) is 0 Å². The highest BCUT2D eigenvalue weighted by Crippen LogP contribution is 2.23. The number of halogens is 1. The largest absolute Gasteiger partial charge is 0.384 e. The Morgan fingerprint density at radius 3 is 3.00 bits per heavy atom. The predicted molar refractivity (Wildman–Crippen MR) is 74.1 cm³/mol. The molecule has 0 aliphatic carbocycles. The maximum atomic E-state index is 11.0. The van der Waals surface area contributed by atoms with Crippen LogP contribution in [-0.2, 0) is 0 Å². The van der Waals surface area contributed by atoms with Crippen LogP contribution in [0.1, 0.15) is 23.2 Å². The molecule has 0 spiro atoms. The number of anilines is 1. The van der Waals surface area contributed by atoms with Crippen LogP contribution in [0.5, 0.6) is 0 Å². The van der Waals surface area contributed by atoms with Gasteiger partial charge in [-0.25, -0.2) is 0 Å². The standard InChI is InChI=1S/C13H18ClN3O/c14-11-7-10(13(15)18)1-2-12(11)17-6-4-9-3-5-16-8-9/h1-2,7,9,16-17H,3-6,8H2,(H2,15,18). The molecule has 1 heterocycles. The number of rotatable bonds is 5. The van der Waals surface area contributed by atoms with Crippen LogP contribution in [0.3, 0.4) is 0 Å². The zero-order valence-corrected chi connectivity index (χ0v) is 11.0. The van der Waals surface area contributed by atoms with Crippen molar-refractivity contribution < 1.29 is 4.79 Å². The molecule has 0 saturated carbocycles. The Kier molecular flexibility index (Phi) is 4.44. The van der Waals surface area contributed by atoms with E-state index in [9.17, 15) is 4.79 Å². The van der Waals surface area contributed by atoms with E-state index >= 15 is 0 Å². The zero-order chi connectivity index (χ0) is 13.0. The van der Waals surface area contributed by atoms with Gasteiger partial charge in [0.25, 0.3) is 0 Å². The molecule has 1 amide bonds. The van der Waals surface area contributed by atoms with Crippen LogP contribution in [0.15, 0.2) is 18.2 Å². The third kappa shape index (κ3) is 3.37. The van der Waals surface area contributed by atoms with E-state index in [1.807, 2.05) is 0 Å². The molecule has 2 rings (SSSR count). The molecule has 4 nitrogen and oxygen atoms in total. The van der Waals surface area contributed by atoms with E-state index in [0.717, 1.165) is 37.7 Å². The van der Waals surface area contributed by atoms with E-state index in [0.29, 0.717) is 10.6 Å². The molecule has 0 bridgehead atoms. The summed E-state index contributed by atoms with van der Waals surface area (Å²) < 4.78 is 0. The molecule has 98 valence electrons. The first-order valence-corrected chi connectivity index (χ1v) is 6.58. The normalized spacial score (nSPS) is 18.8. The van der Waals surface area contributed by atoms with Crippen LogP contribution >= 0.6 is 11.6 Å². The summed E-state index contributed by atoms with van der Waals surface area (Å²) in [6.07, 6.45) is 2.37. The molecule has 1 saturated heterocycles. The second-order valence-corrected chi connectivity index (χ2v) is 5.04. The molecule has 1 aromatic rings. The fourth-order valence-corrected chi connectivity index (χ4v) is 2.43. The number of carbonyl (C=O) groups is 1. The SMILES string of the molecule is NC(=O)c1ccc(NCCC2CCNC2)c(Cl)c1. The summed E-state index contributed by atoms with van der Waals surface area (Å²) in [5.74, 6) is 0.293. The van der Waals surface area contributed by atoms with Gasteiger partial charge in [-0.05, 0) is 50.0 Å². The molecule has 0 aromatic heterocycles. The first-order chi connectivity index (χ1) is 8.66. The number of nitrogens with two attached hydrogens (primary N) is 1. The third-order valence-corrected chi connectivity index (χ3v) is 3.60. The van der Waals surface area contributed by atoms with Crippen molar-refractivity contribution in [2.24, 2.45) is 11.7 Å². The van der Waals surface area contributed by atoms with Crippen molar-refractivity contribution in [3.05, 3.63) is 28.8 Å². The Balaban J connectivity index is 1.87. The van der Waals surface area contributed by atoms with Crippen LogP contribution in [0.2, 0.25) is 5.02 Å². The molecule has 18 heavy (non-hydrogen) atoms. The minimum atomic E-state index is -0.458. The molecule has 4 N–H and O–H groups in total. The number of primary amides is 1. The third-order valence-electron chi connectivity index (χ3n) is 3.28. The molecule has 1 aliphatic rings. The Bertz CT molecular complexity index is 430. The molecule has 0 radical (unpaired) electrons. The fourth-order valence-electron chi connectivity index (χ4n) is 2.18. The highest BCUT2D eigenvalue weighted by atomic mass is 35.5. The van der Waals surface area contributed by atoms with E-state index in [4.69, 9.17) is 17.3 Å². The van der Waals surface area contributed by atoms with Gasteiger partial charge in [0, 0.05) is 12.1 Å². The number of hydrogen-bond donors (Lipinski definition) is 3. The Morgan fingerprint density at radius 2 is 2.39 bits per heavy atom. The van der Waals surface area contributed by atoms with Crippen LogP contribution < -0.4 is 16.4 Å². The van der Waals surface area contributed by atoms with Gasteiger partial charge in [0.15, 0.2) is 0 Å². The van der Waals surface area contributed by atoms with Crippen molar-refractivity contribution >= 4 is 23.2 Å². The van der Waals surface area contributed by atoms with Crippen molar-refractivity contribution in [3.8, 4) is 0 Å². The van der Waals surface area contributed by atoms with Gasteiger partial charge in [-0.3, -0.25) is 4.79 Å². The van der Waals surface area contributed by atoms with Crippen molar-refractivity contribution in [3.63, 3.8) is 0 Å². The van der Waals surface area contributed by atoms with Crippen molar-refractivity contribution in [1.82, 2.24) is 5.32 Å². The zero-order valence-electron chi connectivity index (χ0n) is 10.2. The molecule has 1 aromatic carbocycles. The Labute approximate surface area is 112 Å². The lowest BCUT2D eigenvalue weighted by Crippen LogP contribution is -2.13. The van der Waals surface area contributed by atoms with Crippen molar-refractivity contribution in [2.75, 3.05) is 25.0 Å². The van der Waals surface area contributed by atoms with Crippen LogP contribution in [0.4, 0.5) is 5.69 Å². The molecule has 1 aliphatic heterocycles. The number of hydrogen-bond acceptors (Lipinski definition) is 3. The summed E-state index contributed by atoms with van der Waals surface area (Å²) in [5, 5.41) is 7.18. The highest BCUT2D eigenvalue weighted by molar-refractivity contribution is 6.33. The van der Waals surface area contributed by atoms with E-state index in [2.05, 4.69) is 10.6 Å². The minimum Gasteiger partial charge on any atom is -0.384 e. The number of amides is 1. The molecule has 1 atom stereocenters. The van der Waals surface area contributed by atoms with E-state index in [1.165, 1.54) is 6.42 Å². The maximum absolute atomic E-state index is 11.0. The summed E-state index contributed by atoms with van der Waals surface area (Å²) in [5.41, 5.74) is 6.48. The van der Waals surface area contributed by atoms with Crippen LogP contribution in [0.25, 0.3) is 0 Å². The fraction of sp³-hybridized carbons (Fsp3) is 0.462. The number of carbonyl (C=O) groups excluding carboxylic acids is 1. The van der Waals surface area contributed by atoms with Gasteiger partial charge in [0.1, 0.15) is 0 Å². The molecule has 1 unspecified atom stereocenters. The average molecular weight is 268 g/mol. The summed E-state index contributed by atoms with van der Waals surface area (Å²) in [6, 6.07) is 5.09. The molecule has 1 fully saturated rings. The summed E-state index contributed by atoms with van der Waals surface area (Å²) >= 11 is 6.09. The van der Waals surface area contributed by atoms with E-state index in [1.54, 1.807) is 18.2 Å². The van der Waals surface area contributed by atoms with Crippen LogP contribution in [0, 0.1) is 5.92 Å². The Hall–Kier alpha value is -1.26. The first kappa shape index (κ1) is 13.2. The summed E-state index contributed by atoms with van der Waals surface area (Å²) in [4.78, 5) is 11.0. The van der Waals surface area contributed by atoms with Gasteiger partial charge in [-0.15, -0.1) is 0 Å². The lowest BCUT2D eigenvalue weighted by Gasteiger charge is -2.12. The van der Waals surface area contributed by atoms with Gasteiger partial charge >= 0.3 is 0 Å². The first-order valence-electron chi connectivity index (χ1n) is 6.21. The average Bonchev–Trinajstić information content (AvgIpc) is 2.84. The number of benzene rings is 1. The van der Waals surface area contributed by atoms with Gasteiger partial charge < -0.3 is 16.4 Å². The quantitative estimate of drug-likeness (QED) is 0.763. The summed E-state index contributed by atoms with van der Waals surface area (Å²) in [7, 11) is 0. The number of nitrogens with one attached hydrogen (secondary N) is 2. The second kappa shape index (κ2) is 6.07. The molecular weight excluding hydrogens is 250 g/mol. The summed E-state index contributed by atoms with van der Waals surface area (Å²) in [6.45, 7) is 3.12.